The second kappa shape index (κ2) is 7.63. The first-order valence-corrected chi connectivity index (χ1v) is 8.61. The lowest BCUT2D eigenvalue weighted by Crippen LogP contribution is -2.30. The van der Waals surface area contributed by atoms with Crippen molar-refractivity contribution >= 4 is 27.3 Å². The predicted molar refractivity (Wildman–Crippen MR) is 83.2 cm³/mol. The molecular weight excluding hydrogens is 308 g/mol. The van der Waals surface area contributed by atoms with E-state index in [9.17, 15) is 0 Å². The fraction of sp³-hybridized carbons (Fsp3) is 0.714. The molecule has 1 aromatic heterocycles. The van der Waals surface area contributed by atoms with Crippen LogP contribution in [0.25, 0.3) is 0 Å². The number of rotatable bonds is 7. The van der Waals surface area contributed by atoms with Gasteiger partial charge in [-0.25, -0.2) is 0 Å². The maximum absolute atomic E-state index is 3.54. The van der Waals surface area contributed by atoms with Gasteiger partial charge in [-0.05, 0) is 47.3 Å². The average molecular weight is 331 g/mol. The molecule has 102 valence electrons. The monoisotopic (exact) mass is 330 g/mol. The quantitative estimate of drug-likeness (QED) is 0.766. The first-order chi connectivity index (χ1) is 8.78. The number of thiophene rings is 1. The van der Waals surface area contributed by atoms with Crippen LogP contribution < -0.4 is 5.32 Å². The topological polar surface area (TPSA) is 15.3 Å². The van der Waals surface area contributed by atoms with E-state index in [0.29, 0.717) is 0 Å². The second-order valence-corrected chi connectivity index (χ2v) is 7.06. The lowest BCUT2D eigenvalue weighted by molar-refractivity contribution is 0.318. The van der Waals surface area contributed by atoms with Gasteiger partial charge in [0.2, 0.25) is 0 Å². The molecule has 0 spiro atoms. The second-order valence-electron chi connectivity index (χ2n) is 5.15. The van der Waals surface area contributed by atoms with Crippen LogP contribution in [0.2, 0.25) is 0 Å². The van der Waals surface area contributed by atoms with Crippen molar-refractivity contribution in [1.29, 1.82) is 0 Å². The van der Waals surface area contributed by atoms with Crippen LogP contribution in [0, 0.1) is 5.92 Å². The van der Waals surface area contributed by atoms with Crippen LogP contribution in [0.15, 0.2) is 15.9 Å². The van der Waals surface area contributed by atoms with Crippen molar-refractivity contribution in [3.8, 4) is 0 Å². The van der Waals surface area contributed by atoms with Crippen LogP contribution in [-0.4, -0.2) is 31.1 Å². The summed E-state index contributed by atoms with van der Waals surface area (Å²) in [5, 5.41) is 5.68. The van der Waals surface area contributed by atoms with Crippen molar-refractivity contribution in [3.05, 3.63) is 20.8 Å². The third-order valence-electron chi connectivity index (χ3n) is 3.59. The van der Waals surface area contributed by atoms with Crippen LogP contribution in [-0.2, 0) is 6.54 Å². The minimum atomic E-state index is 0.961. The van der Waals surface area contributed by atoms with Gasteiger partial charge in [-0.2, -0.15) is 0 Å². The number of hydrogen-bond acceptors (Lipinski definition) is 3. The number of nitrogens with one attached hydrogen (secondary N) is 1. The van der Waals surface area contributed by atoms with Gasteiger partial charge >= 0.3 is 0 Å². The van der Waals surface area contributed by atoms with Crippen molar-refractivity contribution in [2.75, 3.05) is 26.2 Å². The largest absolute Gasteiger partial charge is 0.311 e. The van der Waals surface area contributed by atoms with Gasteiger partial charge in [0.1, 0.15) is 0 Å². The van der Waals surface area contributed by atoms with Gasteiger partial charge in [0.25, 0.3) is 0 Å². The van der Waals surface area contributed by atoms with Crippen LogP contribution in [0.4, 0.5) is 0 Å². The van der Waals surface area contributed by atoms with Gasteiger partial charge in [0.15, 0.2) is 0 Å². The molecule has 2 nitrogen and oxygen atoms in total. The molecule has 0 bridgehead atoms. The average Bonchev–Trinajstić information content (AvgIpc) is 2.95. The molecule has 2 heterocycles. The molecule has 1 fully saturated rings. The normalized spacial score (nSPS) is 20.7. The Labute approximate surface area is 123 Å². The Bertz CT molecular complexity index is 353. The maximum atomic E-state index is 3.54. The molecule has 1 aliphatic rings. The summed E-state index contributed by atoms with van der Waals surface area (Å²) in [6, 6.07) is 2.20. The number of hydrogen-bond donors (Lipinski definition) is 1. The first-order valence-electron chi connectivity index (χ1n) is 6.94. The van der Waals surface area contributed by atoms with E-state index in [0.717, 1.165) is 19.0 Å². The fourth-order valence-corrected chi connectivity index (χ4v) is 4.08. The summed E-state index contributed by atoms with van der Waals surface area (Å²) < 4.78 is 1.20. The molecule has 1 aromatic rings. The minimum absolute atomic E-state index is 0.961. The van der Waals surface area contributed by atoms with Crippen molar-refractivity contribution in [2.24, 2.45) is 5.92 Å². The molecule has 0 aromatic carbocycles. The molecule has 18 heavy (non-hydrogen) atoms. The van der Waals surface area contributed by atoms with Gasteiger partial charge in [-0.15, -0.1) is 11.3 Å². The summed E-state index contributed by atoms with van der Waals surface area (Å²) in [6.07, 6.45) is 4.16. The third-order valence-corrected chi connectivity index (χ3v) is 5.29. The van der Waals surface area contributed by atoms with Gasteiger partial charge in [-0.1, -0.05) is 13.3 Å². The highest BCUT2D eigenvalue weighted by Gasteiger charge is 2.20. The summed E-state index contributed by atoms with van der Waals surface area (Å²) in [4.78, 5) is 4.02. The molecule has 4 heteroatoms. The highest BCUT2D eigenvalue weighted by molar-refractivity contribution is 9.10. The Morgan fingerprint density at radius 1 is 1.56 bits per heavy atom. The Balaban J connectivity index is 1.56. The molecule has 1 N–H and O–H groups in total. The minimum Gasteiger partial charge on any atom is -0.311 e. The Hall–Kier alpha value is 0.1000. The number of nitrogens with zero attached hydrogens (tertiary/aromatic N) is 1. The molecule has 2 rings (SSSR count). The van der Waals surface area contributed by atoms with Gasteiger partial charge in [0, 0.05) is 40.9 Å². The Morgan fingerprint density at radius 3 is 3.17 bits per heavy atom. The molecule has 1 aliphatic heterocycles. The molecule has 0 aliphatic carbocycles. The van der Waals surface area contributed by atoms with Gasteiger partial charge < -0.3 is 10.2 Å². The lowest BCUT2D eigenvalue weighted by atomic mass is 10.0. The molecule has 0 radical (unpaired) electrons. The third kappa shape index (κ3) is 4.65. The lowest BCUT2D eigenvalue weighted by Gasteiger charge is -2.16. The Kier molecular flexibility index (Phi) is 6.15. The summed E-state index contributed by atoms with van der Waals surface area (Å²) in [7, 11) is 0. The number of halogens is 1. The molecule has 0 saturated carbocycles. The van der Waals surface area contributed by atoms with E-state index < -0.39 is 0 Å². The summed E-state index contributed by atoms with van der Waals surface area (Å²) in [5.41, 5.74) is 0. The number of likely N-dealkylation sites (tertiary alicyclic amines) is 1. The Morgan fingerprint density at radius 2 is 2.44 bits per heavy atom. The maximum Gasteiger partial charge on any atom is 0.0300 e. The molecule has 1 unspecified atom stereocenters. The van der Waals surface area contributed by atoms with Gasteiger partial charge in [0.05, 0.1) is 0 Å². The van der Waals surface area contributed by atoms with Crippen LogP contribution in [0.5, 0.6) is 0 Å². The van der Waals surface area contributed by atoms with Crippen LogP contribution >= 0.6 is 27.3 Å². The SMILES string of the molecule is CCCC1CCN(CCNCc2cc(Br)cs2)C1. The predicted octanol–water partition coefficient (Wildman–Crippen LogP) is 3.72. The zero-order valence-electron chi connectivity index (χ0n) is 11.1. The molecule has 1 saturated heterocycles. The van der Waals surface area contributed by atoms with Crippen molar-refractivity contribution in [1.82, 2.24) is 10.2 Å². The highest BCUT2D eigenvalue weighted by atomic mass is 79.9. The highest BCUT2D eigenvalue weighted by Crippen LogP contribution is 2.20. The smallest absolute Gasteiger partial charge is 0.0300 e. The van der Waals surface area contributed by atoms with E-state index in [1.807, 2.05) is 11.3 Å². The fourth-order valence-electron chi connectivity index (χ4n) is 2.66. The summed E-state index contributed by atoms with van der Waals surface area (Å²) in [6.45, 7) is 8.23. The van der Waals surface area contributed by atoms with Crippen LogP contribution in [0.1, 0.15) is 31.1 Å². The standard InChI is InChI=1S/C14H23BrN2S/c1-2-3-12-4-6-17(10-12)7-5-16-9-14-8-13(15)11-18-14/h8,11-12,16H,2-7,9-10H2,1H3. The zero-order valence-corrected chi connectivity index (χ0v) is 13.5. The van der Waals surface area contributed by atoms with Crippen molar-refractivity contribution in [2.45, 2.75) is 32.7 Å². The summed E-state index contributed by atoms with van der Waals surface area (Å²) in [5.74, 6) is 0.961. The van der Waals surface area contributed by atoms with E-state index in [1.54, 1.807) is 0 Å². The van der Waals surface area contributed by atoms with E-state index in [-0.39, 0.29) is 0 Å². The van der Waals surface area contributed by atoms with Crippen molar-refractivity contribution < 1.29 is 0 Å². The first kappa shape index (κ1) is 14.5. The van der Waals surface area contributed by atoms with E-state index in [4.69, 9.17) is 0 Å². The van der Waals surface area contributed by atoms with E-state index in [1.165, 1.54) is 48.2 Å². The molecular formula is C14H23BrN2S. The van der Waals surface area contributed by atoms with E-state index >= 15 is 0 Å². The van der Waals surface area contributed by atoms with Gasteiger partial charge in [-0.3, -0.25) is 0 Å². The van der Waals surface area contributed by atoms with Crippen LogP contribution in [0.3, 0.4) is 0 Å². The zero-order chi connectivity index (χ0) is 12.8. The molecule has 0 amide bonds. The molecule has 1 atom stereocenters. The van der Waals surface area contributed by atoms with E-state index in [2.05, 4.69) is 44.5 Å². The van der Waals surface area contributed by atoms with Crippen molar-refractivity contribution in [3.63, 3.8) is 0 Å². The summed E-state index contributed by atoms with van der Waals surface area (Å²) >= 11 is 5.31.